The van der Waals surface area contributed by atoms with Gasteiger partial charge in [-0.05, 0) is 30.8 Å². The summed E-state index contributed by atoms with van der Waals surface area (Å²) in [7, 11) is 1.89. The molecule has 0 fully saturated rings. The lowest BCUT2D eigenvalue weighted by molar-refractivity contribution is 0.479. The molecule has 0 aliphatic heterocycles. The van der Waals surface area contributed by atoms with E-state index in [9.17, 15) is 0 Å². The van der Waals surface area contributed by atoms with Gasteiger partial charge in [0.2, 0.25) is 0 Å². The minimum Gasteiger partial charge on any atom is -0.454 e. The van der Waals surface area contributed by atoms with E-state index in [0.29, 0.717) is 16.5 Å². The van der Waals surface area contributed by atoms with Gasteiger partial charge in [0.1, 0.15) is 11.5 Å². The number of pyridine rings is 1. The smallest absolute Gasteiger partial charge is 0.146 e. The summed E-state index contributed by atoms with van der Waals surface area (Å²) >= 11 is 6.02. The molecule has 0 bridgehead atoms. The van der Waals surface area contributed by atoms with E-state index in [0.717, 1.165) is 12.1 Å². The molecule has 0 unspecified atom stereocenters. The van der Waals surface area contributed by atoms with Gasteiger partial charge in [-0.2, -0.15) is 0 Å². The standard InChI is InChI=1S/C13H13ClN2O/c1-15-7-10-6-11(9-16-8-10)17-13-5-3-2-4-12(13)14/h2-6,8-9,15H,7H2,1H3. The molecule has 17 heavy (non-hydrogen) atoms. The van der Waals surface area contributed by atoms with Crippen LogP contribution in [0, 0.1) is 0 Å². The van der Waals surface area contributed by atoms with Crippen molar-refractivity contribution in [3.8, 4) is 11.5 Å². The molecule has 1 N–H and O–H groups in total. The number of para-hydroxylation sites is 1. The molecule has 2 aromatic rings. The number of aromatic nitrogens is 1. The first-order chi connectivity index (χ1) is 8.29. The molecule has 1 aromatic carbocycles. The summed E-state index contributed by atoms with van der Waals surface area (Å²) in [6, 6.07) is 9.30. The lowest BCUT2D eigenvalue weighted by atomic mass is 10.3. The Labute approximate surface area is 105 Å². The van der Waals surface area contributed by atoms with E-state index >= 15 is 0 Å². The van der Waals surface area contributed by atoms with Crippen molar-refractivity contribution in [3.05, 3.63) is 53.3 Å². The van der Waals surface area contributed by atoms with Crippen LogP contribution in [-0.4, -0.2) is 12.0 Å². The van der Waals surface area contributed by atoms with E-state index in [4.69, 9.17) is 16.3 Å². The molecule has 0 radical (unpaired) electrons. The number of benzene rings is 1. The van der Waals surface area contributed by atoms with Gasteiger partial charge in [0.15, 0.2) is 0 Å². The topological polar surface area (TPSA) is 34.2 Å². The molecule has 0 atom stereocenters. The summed E-state index contributed by atoms with van der Waals surface area (Å²) in [5.74, 6) is 1.32. The quantitative estimate of drug-likeness (QED) is 0.902. The Kier molecular flexibility index (Phi) is 3.96. The van der Waals surface area contributed by atoms with Crippen LogP contribution in [0.5, 0.6) is 11.5 Å². The summed E-state index contributed by atoms with van der Waals surface area (Å²) in [4.78, 5) is 4.12. The third-order valence-corrected chi connectivity index (χ3v) is 2.53. The first-order valence-electron chi connectivity index (χ1n) is 5.30. The Bertz CT molecular complexity index is 502. The normalized spacial score (nSPS) is 10.2. The summed E-state index contributed by atoms with van der Waals surface area (Å²) in [6.07, 6.45) is 3.47. The number of nitrogens with zero attached hydrogens (tertiary/aromatic N) is 1. The largest absolute Gasteiger partial charge is 0.454 e. The third-order valence-electron chi connectivity index (χ3n) is 2.22. The van der Waals surface area contributed by atoms with Gasteiger partial charge in [0.05, 0.1) is 11.2 Å². The molecule has 4 heteroatoms. The van der Waals surface area contributed by atoms with Crippen molar-refractivity contribution in [2.45, 2.75) is 6.54 Å². The highest BCUT2D eigenvalue weighted by Crippen LogP contribution is 2.28. The van der Waals surface area contributed by atoms with Gasteiger partial charge in [-0.1, -0.05) is 23.7 Å². The van der Waals surface area contributed by atoms with Gasteiger partial charge in [-0.25, -0.2) is 0 Å². The zero-order chi connectivity index (χ0) is 12.1. The molecular formula is C13H13ClN2O. The maximum Gasteiger partial charge on any atom is 0.146 e. The fourth-order valence-corrected chi connectivity index (χ4v) is 1.65. The minimum atomic E-state index is 0.589. The van der Waals surface area contributed by atoms with E-state index in [-0.39, 0.29) is 0 Å². The maximum atomic E-state index is 6.02. The summed E-state index contributed by atoms with van der Waals surface area (Å²) in [6.45, 7) is 0.757. The molecule has 0 spiro atoms. The predicted molar refractivity (Wildman–Crippen MR) is 68.5 cm³/mol. The Morgan fingerprint density at radius 3 is 2.88 bits per heavy atom. The molecule has 0 aliphatic carbocycles. The summed E-state index contributed by atoms with van der Waals surface area (Å²) < 4.78 is 5.67. The number of hydrogen-bond acceptors (Lipinski definition) is 3. The third kappa shape index (κ3) is 3.19. The van der Waals surface area contributed by atoms with Crippen LogP contribution in [0.3, 0.4) is 0 Å². The van der Waals surface area contributed by atoms with Crippen molar-refractivity contribution in [1.29, 1.82) is 0 Å². The molecule has 0 saturated carbocycles. The van der Waals surface area contributed by atoms with Crippen molar-refractivity contribution in [1.82, 2.24) is 10.3 Å². The average molecular weight is 249 g/mol. The van der Waals surface area contributed by atoms with Crippen molar-refractivity contribution >= 4 is 11.6 Å². The van der Waals surface area contributed by atoms with Gasteiger partial charge < -0.3 is 10.1 Å². The first-order valence-corrected chi connectivity index (χ1v) is 5.68. The second kappa shape index (κ2) is 5.66. The molecule has 1 aromatic heterocycles. The van der Waals surface area contributed by atoms with Crippen LogP contribution in [0.4, 0.5) is 0 Å². The second-order valence-electron chi connectivity index (χ2n) is 3.59. The molecule has 88 valence electrons. The van der Waals surface area contributed by atoms with Crippen molar-refractivity contribution < 1.29 is 4.74 Å². The highest BCUT2D eigenvalue weighted by atomic mass is 35.5. The monoisotopic (exact) mass is 248 g/mol. The van der Waals surface area contributed by atoms with Gasteiger partial charge in [-0.15, -0.1) is 0 Å². The Morgan fingerprint density at radius 1 is 1.29 bits per heavy atom. The number of nitrogens with one attached hydrogen (secondary N) is 1. The van der Waals surface area contributed by atoms with Crippen LogP contribution >= 0.6 is 11.6 Å². The van der Waals surface area contributed by atoms with E-state index in [1.54, 1.807) is 18.5 Å². The molecule has 0 aliphatic rings. The molecule has 0 saturated heterocycles. The van der Waals surface area contributed by atoms with Gasteiger partial charge in [0, 0.05) is 12.7 Å². The van der Waals surface area contributed by atoms with Crippen molar-refractivity contribution in [3.63, 3.8) is 0 Å². The highest BCUT2D eigenvalue weighted by Gasteiger charge is 2.03. The zero-order valence-corrected chi connectivity index (χ0v) is 10.2. The van der Waals surface area contributed by atoms with Crippen LogP contribution in [-0.2, 0) is 6.54 Å². The number of hydrogen-bond donors (Lipinski definition) is 1. The van der Waals surface area contributed by atoms with E-state index in [1.807, 2.05) is 31.3 Å². The highest BCUT2D eigenvalue weighted by molar-refractivity contribution is 6.32. The lowest BCUT2D eigenvalue weighted by Crippen LogP contribution is -2.05. The predicted octanol–water partition coefficient (Wildman–Crippen LogP) is 3.25. The molecule has 0 amide bonds. The van der Waals surface area contributed by atoms with Crippen LogP contribution in [0.15, 0.2) is 42.7 Å². The fraction of sp³-hybridized carbons (Fsp3) is 0.154. The number of ether oxygens (including phenoxy) is 1. The molecular weight excluding hydrogens is 236 g/mol. The molecule has 3 nitrogen and oxygen atoms in total. The van der Waals surface area contributed by atoms with Crippen LogP contribution in [0.1, 0.15) is 5.56 Å². The fourth-order valence-electron chi connectivity index (χ4n) is 1.47. The second-order valence-corrected chi connectivity index (χ2v) is 4.00. The molecule has 2 rings (SSSR count). The van der Waals surface area contributed by atoms with E-state index in [2.05, 4.69) is 10.3 Å². The summed E-state index contributed by atoms with van der Waals surface area (Å²) in [5, 5.41) is 3.65. The van der Waals surface area contributed by atoms with Crippen molar-refractivity contribution in [2.75, 3.05) is 7.05 Å². The Hall–Kier alpha value is -1.58. The van der Waals surface area contributed by atoms with Crippen LogP contribution < -0.4 is 10.1 Å². The van der Waals surface area contributed by atoms with Gasteiger partial charge in [-0.3, -0.25) is 4.98 Å². The number of halogens is 1. The Balaban J connectivity index is 2.18. The van der Waals surface area contributed by atoms with Crippen LogP contribution in [0.25, 0.3) is 0 Å². The van der Waals surface area contributed by atoms with Crippen molar-refractivity contribution in [2.24, 2.45) is 0 Å². The lowest BCUT2D eigenvalue weighted by Gasteiger charge is -2.08. The molecule has 1 heterocycles. The first kappa shape index (κ1) is 11.9. The van der Waals surface area contributed by atoms with E-state index < -0.39 is 0 Å². The minimum absolute atomic E-state index is 0.589. The van der Waals surface area contributed by atoms with Crippen LogP contribution in [0.2, 0.25) is 5.02 Å². The summed E-state index contributed by atoms with van der Waals surface area (Å²) in [5.41, 5.74) is 1.07. The van der Waals surface area contributed by atoms with Gasteiger partial charge in [0.25, 0.3) is 0 Å². The zero-order valence-electron chi connectivity index (χ0n) is 9.48. The number of rotatable bonds is 4. The maximum absolute atomic E-state index is 6.02. The van der Waals surface area contributed by atoms with E-state index in [1.165, 1.54) is 0 Å². The Morgan fingerprint density at radius 2 is 2.12 bits per heavy atom. The van der Waals surface area contributed by atoms with Gasteiger partial charge >= 0.3 is 0 Å². The SMILES string of the molecule is CNCc1cncc(Oc2ccccc2Cl)c1. The average Bonchev–Trinajstić information content (AvgIpc) is 2.33.